The van der Waals surface area contributed by atoms with Crippen molar-refractivity contribution in [2.45, 2.75) is 19.8 Å². The number of rotatable bonds is 6. The summed E-state index contributed by atoms with van der Waals surface area (Å²) in [4.78, 5) is 24.3. The van der Waals surface area contributed by atoms with Crippen molar-refractivity contribution in [2.24, 2.45) is 0 Å². The predicted octanol–water partition coefficient (Wildman–Crippen LogP) is 3.92. The van der Waals surface area contributed by atoms with Gasteiger partial charge < -0.3 is 9.15 Å². The topological polar surface area (TPSA) is 80.6 Å². The minimum absolute atomic E-state index is 0.0840. The fourth-order valence-corrected chi connectivity index (χ4v) is 3.37. The molecule has 30 heavy (non-hydrogen) atoms. The summed E-state index contributed by atoms with van der Waals surface area (Å²) >= 11 is 0. The van der Waals surface area contributed by atoms with Gasteiger partial charge in [-0.25, -0.2) is 0 Å². The number of hydrogen-bond acceptors (Lipinski definition) is 4. The van der Waals surface area contributed by atoms with E-state index in [4.69, 9.17) is 9.15 Å². The second kappa shape index (κ2) is 8.69. The second-order valence-electron chi connectivity index (χ2n) is 6.98. The molecule has 0 aliphatic rings. The van der Waals surface area contributed by atoms with Crippen molar-refractivity contribution in [3.05, 3.63) is 78.1 Å². The number of carbonyl (C=O) groups excluding carboxylic acids is 2. The maximum Gasteiger partial charge on any atom is 0.276 e. The van der Waals surface area contributed by atoms with E-state index in [1.54, 1.807) is 6.26 Å². The zero-order valence-corrected chi connectivity index (χ0v) is 16.6. The molecule has 6 nitrogen and oxygen atoms in total. The van der Waals surface area contributed by atoms with Gasteiger partial charge in [-0.1, -0.05) is 49.4 Å². The number of hydrazine groups is 1. The third kappa shape index (κ3) is 4.27. The first-order valence-corrected chi connectivity index (χ1v) is 9.81. The SMILES string of the molecule is CCc1ccc(OCC(=O)NNC(=O)Cc2coc3ccc4ccccc4c23)cc1. The molecule has 0 saturated heterocycles. The molecule has 2 amide bonds. The summed E-state index contributed by atoms with van der Waals surface area (Å²) in [5.41, 5.74) is 7.49. The van der Waals surface area contributed by atoms with Crippen molar-refractivity contribution >= 4 is 33.6 Å². The van der Waals surface area contributed by atoms with E-state index in [1.165, 1.54) is 5.56 Å². The van der Waals surface area contributed by atoms with Crippen molar-refractivity contribution < 1.29 is 18.7 Å². The van der Waals surface area contributed by atoms with Crippen LogP contribution < -0.4 is 15.6 Å². The lowest BCUT2D eigenvalue weighted by atomic mass is 10.0. The Balaban J connectivity index is 1.33. The van der Waals surface area contributed by atoms with Crippen LogP contribution in [0.4, 0.5) is 0 Å². The number of aryl methyl sites for hydroxylation is 1. The average Bonchev–Trinajstić information content (AvgIpc) is 3.19. The summed E-state index contributed by atoms with van der Waals surface area (Å²) in [6, 6.07) is 19.4. The van der Waals surface area contributed by atoms with Gasteiger partial charge in [-0.05, 0) is 41.0 Å². The van der Waals surface area contributed by atoms with Crippen molar-refractivity contribution in [2.75, 3.05) is 6.61 Å². The first-order chi connectivity index (χ1) is 14.6. The molecule has 0 saturated carbocycles. The van der Waals surface area contributed by atoms with E-state index in [1.807, 2.05) is 60.7 Å². The molecule has 4 rings (SSSR count). The fraction of sp³-hybridized carbons (Fsp3) is 0.167. The number of carbonyl (C=O) groups is 2. The van der Waals surface area contributed by atoms with Gasteiger partial charge in [-0.15, -0.1) is 0 Å². The lowest BCUT2D eigenvalue weighted by Crippen LogP contribution is -2.44. The molecule has 4 aromatic rings. The number of nitrogens with one attached hydrogen (secondary N) is 2. The number of fused-ring (bicyclic) bond motifs is 3. The van der Waals surface area contributed by atoms with Gasteiger partial charge in [0.15, 0.2) is 6.61 Å². The largest absolute Gasteiger partial charge is 0.484 e. The molecule has 0 unspecified atom stereocenters. The van der Waals surface area contributed by atoms with Crippen molar-refractivity contribution in [1.82, 2.24) is 10.9 Å². The standard InChI is InChI=1S/C24H22N2O4/c1-2-16-7-10-19(11-8-16)29-15-23(28)26-25-22(27)13-18-14-30-21-12-9-17-5-3-4-6-20(17)24(18)21/h3-12,14H,2,13,15H2,1H3,(H,25,27)(H,26,28). The predicted molar refractivity (Wildman–Crippen MR) is 115 cm³/mol. The smallest absolute Gasteiger partial charge is 0.276 e. The van der Waals surface area contributed by atoms with Crippen LogP contribution in [0, 0.1) is 0 Å². The third-order valence-corrected chi connectivity index (χ3v) is 4.93. The Morgan fingerprint density at radius 2 is 1.70 bits per heavy atom. The maximum absolute atomic E-state index is 12.3. The Kier molecular flexibility index (Phi) is 5.66. The molecule has 6 heteroatoms. The Hall–Kier alpha value is -3.80. The molecule has 0 radical (unpaired) electrons. The second-order valence-corrected chi connectivity index (χ2v) is 6.98. The van der Waals surface area contributed by atoms with Gasteiger partial charge in [-0.2, -0.15) is 0 Å². The zero-order chi connectivity index (χ0) is 20.9. The van der Waals surface area contributed by atoms with Gasteiger partial charge in [0.2, 0.25) is 5.91 Å². The summed E-state index contributed by atoms with van der Waals surface area (Å²) in [6.45, 7) is 1.88. The Morgan fingerprint density at radius 1 is 0.933 bits per heavy atom. The van der Waals surface area contributed by atoms with Gasteiger partial charge in [0.05, 0.1) is 12.7 Å². The van der Waals surface area contributed by atoms with Crippen molar-refractivity contribution in [1.29, 1.82) is 0 Å². The van der Waals surface area contributed by atoms with E-state index in [0.29, 0.717) is 5.75 Å². The molecule has 2 N–H and O–H groups in total. The summed E-state index contributed by atoms with van der Waals surface area (Å²) in [5.74, 6) is -0.179. The number of benzene rings is 3. The summed E-state index contributed by atoms with van der Waals surface area (Å²) in [7, 11) is 0. The van der Waals surface area contributed by atoms with Crippen LogP contribution in [0.15, 0.2) is 71.3 Å². The Labute approximate surface area is 173 Å². The highest BCUT2D eigenvalue weighted by molar-refractivity contribution is 6.08. The summed E-state index contributed by atoms with van der Waals surface area (Å²) in [5, 5.41) is 3.01. The normalized spacial score (nSPS) is 10.8. The molecule has 0 aliphatic heterocycles. The van der Waals surface area contributed by atoms with Gasteiger partial charge in [0, 0.05) is 10.9 Å². The first kappa shape index (κ1) is 19.5. The highest BCUT2D eigenvalue weighted by Crippen LogP contribution is 2.30. The van der Waals surface area contributed by atoms with E-state index in [0.717, 1.165) is 33.7 Å². The highest BCUT2D eigenvalue weighted by Gasteiger charge is 2.14. The number of furan rings is 1. The highest BCUT2D eigenvalue weighted by atomic mass is 16.5. The van der Waals surface area contributed by atoms with Crippen molar-refractivity contribution in [3.8, 4) is 5.75 Å². The maximum atomic E-state index is 12.3. The van der Waals surface area contributed by atoms with Gasteiger partial charge in [-0.3, -0.25) is 20.4 Å². The van der Waals surface area contributed by atoms with Crippen LogP contribution >= 0.6 is 0 Å². The van der Waals surface area contributed by atoms with Crippen LogP contribution in [0.25, 0.3) is 21.7 Å². The first-order valence-electron chi connectivity index (χ1n) is 9.81. The Bertz CT molecular complexity index is 1200. The monoisotopic (exact) mass is 402 g/mol. The molecule has 152 valence electrons. The molecule has 0 atom stereocenters. The van der Waals surface area contributed by atoms with E-state index < -0.39 is 5.91 Å². The van der Waals surface area contributed by atoms with E-state index in [2.05, 4.69) is 17.8 Å². The molecule has 0 spiro atoms. The molecule has 0 bridgehead atoms. The van der Waals surface area contributed by atoms with Crippen LogP contribution in [-0.2, 0) is 22.4 Å². The van der Waals surface area contributed by atoms with Crippen LogP contribution in [0.5, 0.6) is 5.75 Å². The average molecular weight is 402 g/mol. The molecule has 1 aromatic heterocycles. The zero-order valence-electron chi connectivity index (χ0n) is 16.6. The van der Waals surface area contributed by atoms with E-state index in [-0.39, 0.29) is 18.9 Å². The summed E-state index contributed by atoms with van der Waals surface area (Å²) < 4.78 is 11.0. The summed E-state index contributed by atoms with van der Waals surface area (Å²) in [6.07, 6.45) is 2.61. The van der Waals surface area contributed by atoms with E-state index in [9.17, 15) is 9.59 Å². The molecule has 0 aliphatic carbocycles. The number of hydrogen-bond donors (Lipinski definition) is 2. The van der Waals surface area contributed by atoms with E-state index >= 15 is 0 Å². The quantitative estimate of drug-likeness (QED) is 0.479. The van der Waals surface area contributed by atoms with Crippen LogP contribution in [0.3, 0.4) is 0 Å². The lowest BCUT2D eigenvalue weighted by molar-refractivity contribution is -0.129. The minimum atomic E-state index is -0.439. The third-order valence-electron chi connectivity index (χ3n) is 4.93. The van der Waals surface area contributed by atoms with Gasteiger partial charge in [0.1, 0.15) is 11.3 Å². The molecular weight excluding hydrogens is 380 g/mol. The number of amides is 2. The number of ether oxygens (including phenoxy) is 1. The minimum Gasteiger partial charge on any atom is -0.484 e. The van der Waals surface area contributed by atoms with Crippen LogP contribution in [0.2, 0.25) is 0 Å². The Morgan fingerprint density at radius 3 is 2.50 bits per heavy atom. The molecular formula is C24H22N2O4. The van der Waals surface area contributed by atoms with Crippen molar-refractivity contribution in [3.63, 3.8) is 0 Å². The fourth-order valence-electron chi connectivity index (χ4n) is 3.37. The van der Waals surface area contributed by atoms with Gasteiger partial charge >= 0.3 is 0 Å². The van der Waals surface area contributed by atoms with Crippen LogP contribution in [-0.4, -0.2) is 18.4 Å². The van der Waals surface area contributed by atoms with Gasteiger partial charge in [0.25, 0.3) is 5.91 Å². The molecule has 0 fully saturated rings. The lowest BCUT2D eigenvalue weighted by Gasteiger charge is -2.09. The molecule has 1 heterocycles. The molecule has 3 aromatic carbocycles. The van der Waals surface area contributed by atoms with Crippen LogP contribution in [0.1, 0.15) is 18.1 Å².